The summed E-state index contributed by atoms with van der Waals surface area (Å²) < 4.78 is 6.84. The minimum atomic E-state index is -0.304. The van der Waals surface area contributed by atoms with Gasteiger partial charge in [0.1, 0.15) is 5.76 Å². The molecule has 8 heteroatoms. The van der Waals surface area contributed by atoms with Crippen molar-refractivity contribution < 1.29 is 14.0 Å². The van der Waals surface area contributed by atoms with Gasteiger partial charge in [0, 0.05) is 11.1 Å². The summed E-state index contributed by atoms with van der Waals surface area (Å²) in [5, 5.41) is 3.62. The summed E-state index contributed by atoms with van der Waals surface area (Å²) in [5.74, 6) is 0.400. The van der Waals surface area contributed by atoms with Gasteiger partial charge in [0.05, 0.1) is 36.0 Å². The largest absolute Gasteiger partial charge is 0.467 e. The molecule has 0 saturated carbocycles. The van der Waals surface area contributed by atoms with Gasteiger partial charge in [0.25, 0.3) is 11.5 Å². The third-order valence-corrected chi connectivity index (χ3v) is 6.77. The summed E-state index contributed by atoms with van der Waals surface area (Å²) in [6.45, 7) is 0.564. The molecule has 0 aliphatic carbocycles. The van der Waals surface area contributed by atoms with Gasteiger partial charge >= 0.3 is 0 Å². The maximum absolute atomic E-state index is 13.5. The first-order valence-corrected chi connectivity index (χ1v) is 12.7. The van der Waals surface area contributed by atoms with Crippen LogP contribution in [-0.2, 0) is 13.1 Å². The van der Waals surface area contributed by atoms with E-state index in [9.17, 15) is 14.4 Å². The number of nitrogens with one attached hydrogen (secondary N) is 1. The molecule has 3 aromatic carbocycles. The number of nitrogens with zero attached hydrogens (tertiary/aromatic N) is 2. The van der Waals surface area contributed by atoms with Crippen molar-refractivity contribution in [3.8, 4) is 0 Å². The first-order chi connectivity index (χ1) is 18.1. The van der Waals surface area contributed by atoms with Gasteiger partial charge in [-0.15, -0.1) is 0 Å². The Morgan fingerprint density at radius 2 is 1.65 bits per heavy atom. The van der Waals surface area contributed by atoms with Crippen LogP contribution in [0.25, 0.3) is 10.9 Å². The topological polar surface area (TPSA) is 94.2 Å². The molecule has 184 valence electrons. The van der Waals surface area contributed by atoms with Crippen LogP contribution in [0.3, 0.4) is 0 Å². The Labute approximate surface area is 217 Å². The summed E-state index contributed by atoms with van der Waals surface area (Å²) in [6.07, 6.45) is 1.55. The molecule has 2 heterocycles. The van der Waals surface area contributed by atoms with E-state index in [1.807, 2.05) is 48.5 Å². The Morgan fingerprint density at radius 3 is 2.38 bits per heavy atom. The van der Waals surface area contributed by atoms with Gasteiger partial charge in [0.2, 0.25) is 0 Å². The molecule has 1 amide bonds. The molecular formula is C29H23N3O4S. The van der Waals surface area contributed by atoms with Crippen LogP contribution in [0.2, 0.25) is 0 Å². The molecule has 0 saturated heterocycles. The normalized spacial score (nSPS) is 10.9. The van der Waals surface area contributed by atoms with Crippen LogP contribution in [-0.4, -0.2) is 27.0 Å². The number of ketones is 1. The van der Waals surface area contributed by atoms with Gasteiger partial charge in [-0.25, -0.2) is 4.98 Å². The van der Waals surface area contributed by atoms with Gasteiger partial charge in [-0.3, -0.25) is 19.0 Å². The quantitative estimate of drug-likeness (QED) is 0.172. The van der Waals surface area contributed by atoms with E-state index in [0.29, 0.717) is 39.5 Å². The number of Topliss-reactive ketones (excluding diaryl/α,β-unsaturated/α-hetero) is 1. The minimum Gasteiger partial charge on any atom is -0.467 e. The van der Waals surface area contributed by atoms with Crippen LogP contribution in [0.15, 0.2) is 112 Å². The zero-order valence-electron chi connectivity index (χ0n) is 19.8. The van der Waals surface area contributed by atoms with Crippen LogP contribution in [0.5, 0.6) is 0 Å². The fraction of sp³-hybridized carbons (Fsp3) is 0.103. The van der Waals surface area contributed by atoms with E-state index in [1.165, 1.54) is 11.8 Å². The number of benzene rings is 3. The van der Waals surface area contributed by atoms with Crippen molar-refractivity contribution in [3.05, 3.63) is 130 Å². The summed E-state index contributed by atoms with van der Waals surface area (Å²) in [4.78, 5) is 43.7. The van der Waals surface area contributed by atoms with E-state index in [4.69, 9.17) is 9.40 Å². The van der Waals surface area contributed by atoms with Crippen molar-refractivity contribution in [3.63, 3.8) is 0 Å². The average Bonchev–Trinajstić information content (AvgIpc) is 3.47. The first-order valence-electron chi connectivity index (χ1n) is 11.7. The van der Waals surface area contributed by atoms with E-state index >= 15 is 0 Å². The van der Waals surface area contributed by atoms with Crippen LogP contribution in [0.1, 0.15) is 32.0 Å². The molecule has 5 rings (SSSR count). The van der Waals surface area contributed by atoms with Gasteiger partial charge in [-0.05, 0) is 35.9 Å². The van der Waals surface area contributed by atoms with Crippen LogP contribution >= 0.6 is 11.8 Å². The molecule has 5 aromatic rings. The van der Waals surface area contributed by atoms with Crippen molar-refractivity contribution in [2.45, 2.75) is 18.2 Å². The third-order valence-electron chi connectivity index (χ3n) is 5.80. The SMILES string of the molecule is O=C(CSc1nc2cc(C(=O)NCc3ccco3)ccc2c(=O)n1Cc1ccccc1)c1ccccc1. The second-order valence-corrected chi connectivity index (χ2v) is 9.29. The molecule has 0 atom stereocenters. The Balaban J connectivity index is 1.47. The molecule has 0 bridgehead atoms. The van der Waals surface area contributed by atoms with Crippen molar-refractivity contribution >= 4 is 34.4 Å². The highest BCUT2D eigenvalue weighted by Gasteiger charge is 2.16. The highest BCUT2D eigenvalue weighted by atomic mass is 32.2. The highest BCUT2D eigenvalue weighted by Crippen LogP contribution is 2.21. The number of fused-ring (bicyclic) bond motifs is 1. The van der Waals surface area contributed by atoms with Crippen molar-refractivity contribution in [2.24, 2.45) is 0 Å². The van der Waals surface area contributed by atoms with E-state index in [1.54, 1.807) is 53.3 Å². The zero-order chi connectivity index (χ0) is 25.6. The number of amides is 1. The number of furan rings is 1. The first kappa shape index (κ1) is 24.3. The number of rotatable bonds is 9. The number of hydrogen-bond acceptors (Lipinski definition) is 6. The molecule has 1 N–H and O–H groups in total. The average molecular weight is 510 g/mol. The Hall–Kier alpha value is -4.43. The second kappa shape index (κ2) is 11.1. The second-order valence-electron chi connectivity index (χ2n) is 8.34. The van der Waals surface area contributed by atoms with E-state index < -0.39 is 0 Å². The Morgan fingerprint density at radius 1 is 0.892 bits per heavy atom. The van der Waals surface area contributed by atoms with Gasteiger partial charge < -0.3 is 9.73 Å². The van der Waals surface area contributed by atoms with Crippen molar-refractivity contribution in [1.29, 1.82) is 0 Å². The fourth-order valence-electron chi connectivity index (χ4n) is 3.88. The highest BCUT2D eigenvalue weighted by molar-refractivity contribution is 7.99. The van der Waals surface area contributed by atoms with E-state index in [2.05, 4.69) is 5.32 Å². The van der Waals surface area contributed by atoms with Gasteiger partial charge in [0.15, 0.2) is 10.9 Å². The fourth-order valence-corrected chi connectivity index (χ4v) is 4.77. The number of aromatic nitrogens is 2. The molecule has 7 nitrogen and oxygen atoms in total. The maximum Gasteiger partial charge on any atom is 0.262 e. The third kappa shape index (κ3) is 5.70. The molecular weight excluding hydrogens is 486 g/mol. The Kier molecular flexibility index (Phi) is 7.28. The molecule has 0 aliphatic heterocycles. The monoisotopic (exact) mass is 509 g/mol. The predicted octanol–water partition coefficient (Wildman–Crippen LogP) is 4.94. The van der Waals surface area contributed by atoms with Crippen LogP contribution in [0.4, 0.5) is 0 Å². The smallest absolute Gasteiger partial charge is 0.262 e. The molecule has 2 aromatic heterocycles. The maximum atomic E-state index is 13.5. The molecule has 37 heavy (non-hydrogen) atoms. The Bertz CT molecular complexity index is 1600. The van der Waals surface area contributed by atoms with Gasteiger partial charge in [-0.1, -0.05) is 72.4 Å². The van der Waals surface area contributed by atoms with E-state index in [-0.39, 0.29) is 29.5 Å². The lowest BCUT2D eigenvalue weighted by Gasteiger charge is -2.14. The lowest BCUT2D eigenvalue weighted by Crippen LogP contribution is -2.25. The molecule has 0 radical (unpaired) electrons. The van der Waals surface area contributed by atoms with Crippen molar-refractivity contribution in [2.75, 3.05) is 5.75 Å². The number of thioether (sulfide) groups is 1. The molecule has 0 fully saturated rings. The minimum absolute atomic E-state index is 0.0581. The molecule has 0 unspecified atom stereocenters. The lowest BCUT2D eigenvalue weighted by molar-refractivity contribution is 0.0947. The molecule has 0 spiro atoms. The summed E-state index contributed by atoms with van der Waals surface area (Å²) >= 11 is 1.21. The summed E-state index contributed by atoms with van der Waals surface area (Å²) in [6, 6.07) is 27.0. The van der Waals surface area contributed by atoms with Gasteiger partial charge in [-0.2, -0.15) is 0 Å². The van der Waals surface area contributed by atoms with Crippen LogP contribution in [0, 0.1) is 0 Å². The van der Waals surface area contributed by atoms with Crippen molar-refractivity contribution in [1.82, 2.24) is 14.9 Å². The lowest BCUT2D eigenvalue weighted by atomic mass is 10.1. The molecule has 0 aliphatic rings. The number of carbonyl (C=O) groups excluding carboxylic acids is 2. The van der Waals surface area contributed by atoms with E-state index in [0.717, 1.165) is 5.56 Å². The van der Waals surface area contributed by atoms with Crippen LogP contribution < -0.4 is 10.9 Å². The number of hydrogen-bond donors (Lipinski definition) is 1. The standard InChI is InChI=1S/C29H23N3O4S/c33-26(21-10-5-2-6-11-21)19-37-29-31-25-16-22(27(34)30-17-23-12-7-15-36-23)13-14-24(25)28(35)32(29)18-20-8-3-1-4-9-20/h1-16H,17-19H2,(H,30,34). The summed E-state index contributed by atoms with van der Waals surface area (Å²) in [5.41, 5.74) is 2.09. The zero-order valence-corrected chi connectivity index (χ0v) is 20.6. The number of carbonyl (C=O) groups is 2. The predicted molar refractivity (Wildman–Crippen MR) is 143 cm³/mol. The summed E-state index contributed by atoms with van der Waals surface area (Å²) in [7, 11) is 0.